The summed E-state index contributed by atoms with van der Waals surface area (Å²) in [6, 6.07) is 2.93. The van der Waals surface area contributed by atoms with Gasteiger partial charge in [-0.05, 0) is 37.8 Å². The van der Waals surface area contributed by atoms with Crippen LogP contribution in [-0.4, -0.2) is 124 Å². The number of rotatable bonds is 15. The van der Waals surface area contributed by atoms with Crippen molar-refractivity contribution < 1.29 is 57.6 Å². The molecular weight excluding hydrogens is 540 g/mol. The van der Waals surface area contributed by atoms with Crippen LogP contribution in [0.3, 0.4) is 0 Å². The molecule has 0 radical (unpaired) electrons. The van der Waals surface area contributed by atoms with E-state index in [1.807, 2.05) is 0 Å². The molecule has 0 aliphatic heterocycles. The summed E-state index contributed by atoms with van der Waals surface area (Å²) < 4.78 is 42.5. The average molecular weight is 565 g/mol. The molecule has 0 aromatic heterocycles. The van der Waals surface area contributed by atoms with Crippen LogP contribution in [0.2, 0.25) is 0 Å². The molecule has 0 heterocycles. The number of nitrogens with zero attached hydrogens (tertiary/aromatic N) is 2. The van der Waals surface area contributed by atoms with Crippen LogP contribution in [0.4, 0.5) is 0 Å². The minimum Gasteiger partial charge on any atom is -1.00 e. The summed E-state index contributed by atoms with van der Waals surface area (Å²) in [7, 11) is -4.85. The van der Waals surface area contributed by atoms with Gasteiger partial charge in [-0.2, -0.15) is 8.42 Å². The monoisotopic (exact) mass is 564 g/mol. The smallest absolute Gasteiger partial charge is 1.00 e. The van der Waals surface area contributed by atoms with Gasteiger partial charge >= 0.3 is 87.4 Å². The Kier molecular flexibility index (Phi) is 18.9. The first-order chi connectivity index (χ1) is 15.0. The van der Waals surface area contributed by atoms with Crippen molar-refractivity contribution >= 4 is 97.5 Å². The van der Waals surface area contributed by atoms with Crippen molar-refractivity contribution in [2.24, 2.45) is 0 Å². The van der Waals surface area contributed by atoms with Crippen molar-refractivity contribution in [3.8, 4) is 11.5 Å². The fourth-order valence-corrected chi connectivity index (χ4v) is 2.84. The standard InChI is InChI=1S/C16H20N2O13S.2Ca.4H/c19-15(5-1-3-9-28-17(21)22)30-12-7-8-13(14(11-12)32(25,26)27)31-16(20)6-2-4-10-29-18(23)24;;;;;;/h7-8,11H,1-6,9-10H2,(H,25,26,27);;;;;;/q;2*+2;4*-1. The van der Waals surface area contributed by atoms with Gasteiger partial charge in [0.05, 0.1) is 13.2 Å². The second-order valence-corrected chi connectivity index (χ2v) is 7.45. The molecule has 0 saturated carbocycles. The molecule has 0 aliphatic rings. The Morgan fingerprint density at radius 3 is 1.79 bits per heavy atom. The molecule has 0 atom stereocenters. The summed E-state index contributed by atoms with van der Waals surface area (Å²) >= 11 is 0. The minimum absolute atomic E-state index is 0. The van der Waals surface area contributed by atoms with Crippen LogP contribution in [0.15, 0.2) is 23.1 Å². The third-order valence-corrected chi connectivity index (χ3v) is 4.47. The van der Waals surface area contributed by atoms with Gasteiger partial charge in [0.1, 0.15) is 10.6 Å². The summed E-state index contributed by atoms with van der Waals surface area (Å²) in [6.07, 6.45) is 0.409. The van der Waals surface area contributed by atoms with E-state index >= 15 is 0 Å². The summed E-state index contributed by atoms with van der Waals surface area (Å²) in [6.45, 7) is -0.421. The van der Waals surface area contributed by atoms with E-state index in [9.17, 15) is 42.8 Å². The molecule has 0 bridgehead atoms. The molecule has 34 heavy (non-hydrogen) atoms. The first-order valence-corrected chi connectivity index (χ1v) is 10.5. The van der Waals surface area contributed by atoms with Crippen LogP contribution in [0.5, 0.6) is 11.5 Å². The van der Waals surface area contributed by atoms with E-state index < -0.39 is 42.9 Å². The minimum atomic E-state index is -4.85. The van der Waals surface area contributed by atoms with E-state index in [-0.39, 0.29) is 139 Å². The number of hydrogen-bond donors (Lipinski definition) is 1. The van der Waals surface area contributed by atoms with Crippen molar-refractivity contribution in [2.75, 3.05) is 13.2 Å². The fourth-order valence-electron chi connectivity index (χ4n) is 2.21. The number of unbranched alkanes of at least 4 members (excludes halogenated alkanes) is 2. The number of hydrogen-bond acceptors (Lipinski definition) is 12. The number of esters is 2. The third kappa shape index (κ3) is 15.8. The van der Waals surface area contributed by atoms with Gasteiger partial charge in [-0.3, -0.25) is 14.1 Å². The van der Waals surface area contributed by atoms with Gasteiger partial charge in [0.2, 0.25) is 0 Å². The SMILES string of the molecule is O=C(CCCCO[N+](=O)[O-])Oc1ccc(OC(=O)CCCCO[N+](=O)[O-])c(S(=O)(=O)O)c1.[Ca+2].[Ca+2].[H-].[H-].[H-].[H-]. The van der Waals surface area contributed by atoms with Gasteiger partial charge in [-0.15, -0.1) is 20.2 Å². The van der Waals surface area contributed by atoms with E-state index in [1.54, 1.807) is 0 Å². The molecule has 1 N–H and O–H groups in total. The Bertz CT molecular complexity index is 961. The zero-order chi connectivity index (χ0) is 24.1. The van der Waals surface area contributed by atoms with E-state index in [0.29, 0.717) is 0 Å². The molecule has 186 valence electrons. The van der Waals surface area contributed by atoms with Crippen LogP contribution >= 0.6 is 0 Å². The molecule has 15 nitrogen and oxygen atoms in total. The van der Waals surface area contributed by atoms with Crippen molar-refractivity contribution in [2.45, 2.75) is 43.4 Å². The predicted molar refractivity (Wildman–Crippen MR) is 117 cm³/mol. The van der Waals surface area contributed by atoms with Crippen molar-refractivity contribution in [3.05, 3.63) is 38.4 Å². The van der Waals surface area contributed by atoms with Gasteiger partial charge in [-0.1, -0.05) is 0 Å². The molecule has 0 saturated heterocycles. The molecule has 1 rings (SSSR count). The Hall–Kier alpha value is -1.01. The Labute approximate surface area is 259 Å². The predicted octanol–water partition coefficient (Wildman–Crippen LogP) is 1.19. The quantitative estimate of drug-likeness (QED) is 0.0604. The van der Waals surface area contributed by atoms with Gasteiger partial charge in [0, 0.05) is 18.9 Å². The van der Waals surface area contributed by atoms with Gasteiger partial charge in [0.15, 0.2) is 5.75 Å². The van der Waals surface area contributed by atoms with Gasteiger partial charge in [0.25, 0.3) is 20.3 Å². The Morgan fingerprint density at radius 2 is 1.35 bits per heavy atom. The third-order valence-electron chi connectivity index (χ3n) is 3.59. The molecule has 1 aromatic rings. The molecule has 0 spiro atoms. The molecule has 18 heteroatoms. The first kappa shape index (κ1) is 35.2. The van der Waals surface area contributed by atoms with Gasteiger partial charge < -0.3 is 24.9 Å². The van der Waals surface area contributed by atoms with E-state index in [4.69, 9.17) is 9.47 Å². The molecule has 1 aromatic carbocycles. The Morgan fingerprint density at radius 1 is 0.882 bits per heavy atom. The summed E-state index contributed by atoms with van der Waals surface area (Å²) in [5, 5.41) is 18.1. The van der Waals surface area contributed by atoms with Gasteiger partial charge in [-0.25, -0.2) is 0 Å². The van der Waals surface area contributed by atoms with Crippen LogP contribution in [0, 0.1) is 20.2 Å². The van der Waals surface area contributed by atoms with Crippen LogP contribution in [0.25, 0.3) is 0 Å². The largest absolute Gasteiger partial charge is 2.00 e. The summed E-state index contributed by atoms with van der Waals surface area (Å²) in [5.74, 6) is -2.39. The number of carbonyl (C=O) groups is 2. The maximum Gasteiger partial charge on any atom is 2.00 e. The van der Waals surface area contributed by atoms with Crippen molar-refractivity contribution in [3.63, 3.8) is 0 Å². The second-order valence-electron chi connectivity index (χ2n) is 6.06. The zero-order valence-corrected chi connectivity index (χ0v) is 23.2. The first-order valence-electron chi connectivity index (χ1n) is 9.06. The molecule has 0 unspecified atom stereocenters. The Balaban J connectivity index is -0.000000427. The molecule has 0 fully saturated rings. The summed E-state index contributed by atoms with van der Waals surface area (Å²) in [4.78, 5) is 51.0. The number of benzene rings is 1. The van der Waals surface area contributed by atoms with Crippen molar-refractivity contribution in [1.29, 1.82) is 0 Å². The van der Waals surface area contributed by atoms with Crippen LogP contribution in [0.1, 0.15) is 44.2 Å². The molecule has 0 aliphatic carbocycles. The topological polar surface area (TPSA) is 212 Å². The van der Waals surface area contributed by atoms with Crippen LogP contribution < -0.4 is 9.47 Å². The molecule has 0 amide bonds. The normalized spacial score (nSPS) is 10.1. The van der Waals surface area contributed by atoms with E-state index in [2.05, 4.69) is 9.68 Å². The van der Waals surface area contributed by atoms with E-state index in [1.165, 1.54) is 0 Å². The second kappa shape index (κ2) is 18.3. The molecular formula is C16H24Ca2N2O13S. The number of ether oxygens (including phenoxy) is 2. The average Bonchev–Trinajstić information content (AvgIpc) is 2.67. The maximum atomic E-state index is 11.9. The number of carbonyl (C=O) groups excluding carboxylic acids is 2. The summed E-state index contributed by atoms with van der Waals surface area (Å²) in [5.41, 5.74) is 0. The maximum absolute atomic E-state index is 11.9. The van der Waals surface area contributed by atoms with Crippen molar-refractivity contribution in [1.82, 2.24) is 0 Å². The fraction of sp³-hybridized carbons (Fsp3) is 0.500. The van der Waals surface area contributed by atoms with Crippen LogP contribution in [-0.2, 0) is 29.4 Å². The zero-order valence-electron chi connectivity index (χ0n) is 22.0. The van der Waals surface area contributed by atoms with E-state index in [0.717, 1.165) is 18.2 Å².